The lowest BCUT2D eigenvalue weighted by Crippen LogP contribution is -2.64. The number of Topliss-reactive ketones (excluding diaryl/α,β-unsaturated/α-hetero) is 4. The summed E-state index contributed by atoms with van der Waals surface area (Å²) in [6.07, 6.45) is -10.1. The van der Waals surface area contributed by atoms with Crippen LogP contribution in [0.2, 0.25) is 0 Å². The van der Waals surface area contributed by atoms with Crippen molar-refractivity contribution in [1.82, 2.24) is 21.0 Å². The number of ketones is 4. The maximum Gasteiger partial charge on any atom is 0.407 e. The van der Waals surface area contributed by atoms with Gasteiger partial charge in [0.2, 0.25) is 35.0 Å². The molecule has 722 valence electrons. The number of likely N-dealkylation sites (tertiary alicyclic amines) is 1. The van der Waals surface area contributed by atoms with E-state index in [4.69, 9.17) is 56.9 Å². The van der Waals surface area contributed by atoms with Crippen LogP contribution in [0, 0.1) is 70.7 Å². The summed E-state index contributed by atoms with van der Waals surface area (Å²) in [6, 6.07) is 4.72. The second-order valence-corrected chi connectivity index (χ2v) is 40.6. The Hall–Kier alpha value is -7.23. The van der Waals surface area contributed by atoms with Crippen molar-refractivity contribution in [3.8, 4) is 35.2 Å². The fourth-order valence-corrected chi connectivity index (χ4v) is 20.9. The predicted molar refractivity (Wildman–Crippen MR) is 495 cm³/mol. The molecule has 2 aromatic carbocycles. The number of methoxy groups -OCH3 is 3. The van der Waals surface area contributed by atoms with Crippen LogP contribution in [0.4, 0.5) is 10.5 Å². The molecular weight excluding hydrogens is 1870 g/mol. The highest BCUT2D eigenvalue weighted by Crippen LogP contribution is 2.47. The maximum atomic E-state index is 14.6. The number of esters is 1. The van der Waals surface area contributed by atoms with Gasteiger partial charge in [-0.15, -0.1) is 0 Å². The standard InChI is InChI=1S/C94H128IN5O28S3/c1-17-49(2)77(98-69(106)28-22-20-24-38-100-70(107)41-52(5)88(100)113)65(103)40-51(4)87(112)97-61-31-29-59(30-32-61)47-121-92(115)96-37-25-26-62(102)33-36-93(12,13)131-129-39-34-64-75-63(44-71(108)117-14)67(105)46-94(64,116)35-23-19-18-21-27-68(75)125-91-85(126-72-42-50(3)60(48-120-72)43-53(6)101)80(110)78(56(9)123-91)99-128-73-45-66(104)86(58(11)122-73)130-89(114)74-54(7)76(95)83(55(8)82(74)118-15)127-90-81(111)84(119-16)79(109)57(10)124-90/h18-19,29-32,34,49-52,56-58,60,66,68,72-73,77-81,84-86,90-91,99,104,109-111,116H,17,20,22,24-26,28,33,36-48H2,1-16H3,(H,96,115)(H,97,112)(H,98,106)/b19-18-,64-34-/t49?,50?,51-,52?,56?,57?,58?,60?,66?,68+,72?,73?,77+,78?,79?,80?,81?,84?,85?,86?,90?,91?,94+/m1/s1. The number of nitrogens with zero attached hydrogens (tertiary/aromatic N) is 1. The molecule has 0 spiro atoms. The van der Waals surface area contributed by atoms with Crippen LogP contribution in [0.1, 0.15) is 206 Å². The molecule has 0 aromatic heterocycles. The lowest BCUT2D eigenvalue weighted by molar-refractivity contribution is -0.335. The molecule has 5 heterocycles. The SMILES string of the molecule is CCC(C)[C@H](NC(=O)CCCCCN1C(=O)CC(C)C1=O)C(=O)C[C@@H](C)C(=O)Nc1ccc(COC(=O)NCCCC(=O)CCC(C)(C)SSC/C=C2/C3=C(CC(=O)OC)C(=O)C[C@@]2(O)C#C/C=C\C#C[C@@H]3OC2OC(C)C(NOC3CC(O)C(SC(=O)c4c(C)c(I)c(OC5OC(C)C(O)C(OC)C5O)c(C)c4OC)C(C)O3)C(O)C2OC2CC(C)C(CC(C)=O)CO2)cc1. The number of hydrogen-bond acceptors (Lipinski definition) is 32. The van der Waals surface area contributed by atoms with Crippen molar-refractivity contribution in [2.45, 2.75) is 313 Å². The van der Waals surface area contributed by atoms with Crippen LogP contribution in [-0.2, 0) is 97.2 Å². The van der Waals surface area contributed by atoms with Gasteiger partial charge in [-0.25, -0.2) is 4.79 Å². The molecular formula is C94H128IN5O28S3. The van der Waals surface area contributed by atoms with Crippen LogP contribution in [0.25, 0.3) is 0 Å². The van der Waals surface area contributed by atoms with Gasteiger partial charge in [-0.1, -0.05) is 123 Å². The zero-order valence-electron chi connectivity index (χ0n) is 77.3. The van der Waals surface area contributed by atoms with Gasteiger partial charge in [-0.05, 0) is 157 Å². The smallest absolute Gasteiger partial charge is 0.407 e. The third-order valence-electron chi connectivity index (χ3n) is 24.6. The molecule has 0 saturated carbocycles. The number of hydroxylamine groups is 1. The molecule has 0 radical (unpaired) electrons. The lowest BCUT2D eigenvalue weighted by atomic mass is 9.72. The number of imide groups is 1. The number of fused-ring (bicyclic) bond motifs is 2. The second-order valence-electron chi connectivity index (χ2n) is 35.3. The number of halogens is 1. The van der Waals surface area contributed by atoms with Crippen molar-refractivity contribution >= 4 is 126 Å². The Morgan fingerprint density at radius 3 is 2.20 bits per heavy atom. The summed E-state index contributed by atoms with van der Waals surface area (Å²) in [7, 11) is 6.80. The van der Waals surface area contributed by atoms with E-state index in [1.54, 1.807) is 78.8 Å². The average molecular weight is 2000 g/mol. The van der Waals surface area contributed by atoms with Crippen LogP contribution < -0.4 is 30.9 Å². The zero-order chi connectivity index (χ0) is 96.0. The van der Waals surface area contributed by atoms with Gasteiger partial charge in [0.15, 0.2) is 36.0 Å². The summed E-state index contributed by atoms with van der Waals surface area (Å²) in [4.78, 5) is 153. The Kier molecular flexibility index (Phi) is 41.0. The highest BCUT2D eigenvalue weighted by molar-refractivity contribution is 14.1. The van der Waals surface area contributed by atoms with E-state index in [1.165, 1.54) is 66.9 Å². The van der Waals surface area contributed by atoms with E-state index in [1.807, 2.05) is 57.2 Å². The van der Waals surface area contributed by atoms with Gasteiger partial charge in [0, 0.05) is 122 Å². The molecule has 2 aliphatic carbocycles. The Labute approximate surface area is 791 Å². The summed E-state index contributed by atoms with van der Waals surface area (Å²) in [6.45, 7) is 23.4. The topological polar surface area (TPSA) is 451 Å². The summed E-state index contributed by atoms with van der Waals surface area (Å²) in [5, 5.41) is 66.2. The minimum atomic E-state index is -2.17. The van der Waals surface area contributed by atoms with E-state index in [0.717, 1.165) is 11.8 Å². The molecule has 5 aliphatic heterocycles. The van der Waals surface area contributed by atoms with E-state index in [9.17, 15) is 78.3 Å². The molecule has 5 fully saturated rings. The number of nitrogens with one attached hydrogen (secondary N) is 4. The first-order valence-corrected chi connectivity index (χ1v) is 48.9. The van der Waals surface area contributed by atoms with Gasteiger partial charge in [-0.3, -0.25) is 52.9 Å². The second kappa shape index (κ2) is 50.0. The van der Waals surface area contributed by atoms with Crippen molar-refractivity contribution in [3.63, 3.8) is 0 Å². The Balaban J connectivity index is 0.780. The summed E-state index contributed by atoms with van der Waals surface area (Å²) in [5.41, 5.74) is 2.94. The molecule has 2 bridgehead atoms. The number of aliphatic hydroxyl groups excluding tert-OH is 4. The number of thioether (sulfide) groups is 1. The largest absolute Gasteiger partial charge is 0.496 e. The van der Waals surface area contributed by atoms with Gasteiger partial charge in [0.1, 0.15) is 66.3 Å². The fraction of sp³-hybridized carbons (Fsp3) is 0.649. The van der Waals surface area contributed by atoms with Crippen molar-refractivity contribution in [2.24, 2.45) is 29.6 Å². The van der Waals surface area contributed by atoms with Crippen molar-refractivity contribution in [2.75, 3.05) is 52.1 Å². The van der Waals surface area contributed by atoms with Gasteiger partial charge >= 0.3 is 12.1 Å². The van der Waals surface area contributed by atoms with Crippen molar-refractivity contribution in [3.05, 3.63) is 85.0 Å². The van der Waals surface area contributed by atoms with Gasteiger partial charge in [0.25, 0.3) is 0 Å². The number of rotatable bonds is 44. The quantitative estimate of drug-likeness (QED) is 0.00566. The van der Waals surface area contributed by atoms with Gasteiger partial charge in [0.05, 0.1) is 84.6 Å². The highest BCUT2D eigenvalue weighted by Gasteiger charge is 2.53. The van der Waals surface area contributed by atoms with E-state index in [-0.39, 0.29) is 169 Å². The first-order valence-electron chi connectivity index (χ1n) is 44.6. The minimum absolute atomic E-state index is 0.00224. The Bertz CT molecular complexity index is 4630. The molecule has 37 heteroatoms. The van der Waals surface area contributed by atoms with Crippen molar-refractivity contribution in [1.29, 1.82) is 0 Å². The monoisotopic (exact) mass is 2000 g/mol. The number of carbonyl (C=O) groups excluding carboxylic acids is 11. The number of hydrogen-bond donors (Lipinski definition) is 9. The van der Waals surface area contributed by atoms with Gasteiger partial charge in [-0.2, -0.15) is 5.48 Å². The maximum absolute atomic E-state index is 14.6. The number of anilines is 1. The minimum Gasteiger partial charge on any atom is -0.496 e. The predicted octanol–water partition coefficient (Wildman–Crippen LogP) is 9.56. The normalized spacial score (nSPS) is 29.2. The summed E-state index contributed by atoms with van der Waals surface area (Å²) >= 11 is 2.89. The average Bonchev–Trinajstić information content (AvgIpc) is 1.15. The molecule has 33 nitrogen and oxygen atoms in total. The van der Waals surface area contributed by atoms with E-state index in [2.05, 4.69) is 45.1 Å². The molecule has 5 amide bonds. The number of amides is 5. The number of benzene rings is 2. The number of alkyl carbamates (subject to hydrolysis) is 1. The van der Waals surface area contributed by atoms with Crippen LogP contribution in [0.5, 0.6) is 11.5 Å². The molecule has 7 aliphatic rings. The number of carbonyl (C=O) groups is 11. The third-order valence-corrected chi connectivity index (χ3v) is 30.5. The van der Waals surface area contributed by atoms with Crippen LogP contribution in [0.15, 0.2) is 59.2 Å². The molecule has 19 unspecified atom stereocenters. The fourth-order valence-electron chi connectivity index (χ4n) is 16.6. The molecule has 131 heavy (non-hydrogen) atoms. The van der Waals surface area contributed by atoms with Crippen molar-refractivity contribution < 1.29 is 135 Å². The molecule has 9 rings (SSSR count). The number of unbranched alkanes of at least 4 members (excludes halogenated alkanes) is 2. The Morgan fingerprint density at radius 1 is 0.817 bits per heavy atom. The van der Waals surface area contributed by atoms with Crippen LogP contribution in [0.3, 0.4) is 0 Å². The first kappa shape index (κ1) is 107. The van der Waals surface area contributed by atoms with Crippen LogP contribution >= 0.6 is 55.9 Å². The summed E-state index contributed by atoms with van der Waals surface area (Å²) in [5.74, 6) is 8.04. The van der Waals surface area contributed by atoms with E-state index in [0.29, 0.717) is 71.0 Å². The zero-order valence-corrected chi connectivity index (χ0v) is 81.9. The molecule has 9 N–H and O–H groups in total. The highest BCUT2D eigenvalue weighted by atomic mass is 127. The van der Waals surface area contributed by atoms with E-state index < -0.39 is 162 Å². The lowest BCUT2D eigenvalue weighted by Gasteiger charge is -2.46. The third kappa shape index (κ3) is 29.2. The molecule has 5 saturated heterocycles. The summed E-state index contributed by atoms with van der Waals surface area (Å²) < 4.78 is 66.8. The number of ether oxygens (including phenoxy) is 11. The van der Waals surface area contributed by atoms with Crippen LogP contribution in [-0.4, -0.2) is 255 Å². The molecule has 2 aromatic rings. The number of aliphatic hydroxyl groups is 5. The van der Waals surface area contributed by atoms with Gasteiger partial charge < -0.3 is 98.4 Å². The number of allylic oxidation sites excluding steroid dienone is 2. The van der Waals surface area contributed by atoms with E-state index >= 15 is 0 Å². The first-order chi connectivity index (χ1) is 62.1. The Morgan fingerprint density at radius 2 is 1.53 bits per heavy atom. The molecule has 23 atom stereocenters.